The molecule has 0 bridgehead atoms. The Morgan fingerprint density at radius 2 is 1.31 bits per heavy atom. The molecule has 1 rings (SSSR count). The minimum atomic E-state index is -3.90. The van der Waals surface area contributed by atoms with E-state index in [0.29, 0.717) is 5.41 Å². The van der Waals surface area contributed by atoms with Gasteiger partial charge in [0.15, 0.2) is 0 Å². The summed E-state index contributed by atoms with van der Waals surface area (Å²) < 4.78 is 26.6. The highest BCUT2D eigenvalue weighted by Gasteiger charge is 1.89. The van der Waals surface area contributed by atoms with Crippen molar-refractivity contribution in [3.05, 3.63) is 60.5 Å². The van der Waals surface area contributed by atoms with E-state index in [9.17, 15) is 8.42 Å². The van der Waals surface area contributed by atoms with Gasteiger partial charge in [-0.15, -0.1) is 0 Å². The van der Waals surface area contributed by atoms with Crippen molar-refractivity contribution in [3.63, 3.8) is 0 Å². The van der Waals surface area contributed by atoms with Crippen molar-refractivity contribution < 1.29 is 13.0 Å². The molecule has 1 N–H and O–H groups in total. The Morgan fingerprint density at radius 3 is 1.50 bits per heavy atom. The van der Waals surface area contributed by atoms with E-state index in [-0.39, 0.29) is 0 Å². The third-order valence-electron chi connectivity index (χ3n) is 1.65. The second-order valence-electron chi connectivity index (χ2n) is 2.72. The predicted molar refractivity (Wildman–Crippen MR) is 68.4 cm³/mol. The van der Waals surface area contributed by atoms with E-state index < -0.39 is 10.1 Å². The summed E-state index contributed by atoms with van der Waals surface area (Å²) in [5.74, 6) is 0. The van der Waals surface area contributed by atoms with E-state index in [1.807, 2.05) is 36.4 Å². The topological polar surface area (TPSA) is 54.4 Å². The zero-order valence-corrected chi connectivity index (χ0v) is 9.65. The van der Waals surface area contributed by atoms with Crippen molar-refractivity contribution in [1.29, 1.82) is 0 Å². The average molecular weight is 238 g/mol. The minimum absolute atomic E-state index is 0.465. The summed E-state index contributed by atoms with van der Waals surface area (Å²) in [6.45, 7) is 10.2. The SMILES string of the molecule is C=CS(=O)(=O)O.C=Cc1ccccc1C=C. The van der Waals surface area contributed by atoms with Gasteiger partial charge >= 0.3 is 0 Å². The van der Waals surface area contributed by atoms with Crippen LogP contribution in [0.2, 0.25) is 0 Å². The molecule has 0 saturated carbocycles. The van der Waals surface area contributed by atoms with Gasteiger partial charge in [0.05, 0.1) is 5.41 Å². The molecule has 0 radical (unpaired) electrons. The van der Waals surface area contributed by atoms with Crippen LogP contribution in [0.3, 0.4) is 0 Å². The van der Waals surface area contributed by atoms with Gasteiger partial charge in [-0.25, -0.2) is 0 Å². The number of rotatable bonds is 3. The molecule has 0 aliphatic carbocycles. The molecule has 86 valence electrons. The number of hydrogen-bond acceptors (Lipinski definition) is 2. The first-order valence-electron chi connectivity index (χ1n) is 4.38. The fourth-order valence-electron chi connectivity index (χ4n) is 0.883. The van der Waals surface area contributed by atoms with Crippen LogP contribution in [0.5, 0.6) is 0 Å². The lowest BCUT2D eigenvalue weighted by molar-refractivity contribution is 0.494. The third kappa shape index (κ3) is 5.95. The van der Waals surface area contributed by atoms with Crippen molar-refractivity contribution in [2.45, 2.75) is 0 Å². The summed E-state index contributed by atoms with van der Waals surface area (Å²) in [4.78, 5) is 0. The van der Waals surface area contributed by atoms with Crippen LogP contribution in [0.25, 0.3) is 12.2 Å². The fraction of sp³-hybridized carbons (Fsp3) is 0. The molecule has 0 fully saturated rings. The van der Waals surface area contributed by atoms with Crippen LogP contribution in [-0.2, 0) is 10.1 Å². The van der Waals surface area contributed by atoms with Crippen molar-refractivity contribution in [2.75, 3.05) is 0 Å². The van der Waals surface area contributed by atoms with E-state index in [2.05, 4.69) is 19.7 Å². The molecule has 0 amide bonds. The van der Waals surface area contributed by atoms with Crippen LogP contribution in [0.1, 0.15) is 11.1 Å². The Labute approximate surface area is 96.2 Å². The normalized spacial score (nSPS) is 9.56. The highest BCUT2D eigenvalue weighted by molar-refractivity contribution is 7.88. The molecular formula is C12H14O3S. The molecule has 4 heteroatoms. The van der Waals surface area contributed by atoms with E-state index in [0.717, 1.165) is 11.1 Å². The van der Waals surface area contributed by atoms with Crippen LogP contribution >= 0.6 is 0 Å². The highest BCUT2D eigenvalue weighted by atomic mass is 32.2. The Bertz CT molecular complexity index is 434. The summed E-state index contributed by atoms with van der Waals surface area (Å²) >= 11 is 0. The summed E-state index contributed by atoms with van der Waals surface area (Å²) in [6.07, 6.45) is 3.66. The van der Waals surface area contributed by atoms with E-state index >= 15 is 0 Å². The molecule has 1 aromatic carbocycles. The minimum Gasteiger partial charge on any atom is -0.282 e. The summed E-state index contributed by atoms with van der Waals surface area (Å²) in [5.41, 5.74) is 2.27. The zero-order valence-electron chi connectivity index (χ0n) is 8.83. The molecule has 0 heterocycles. The lowest BCUT2D eigenvalue weighted by Gasteiger charge is -1.96. The Balaban J connectivity index is 0.000000325. The van der Waals surface area contributed by atoms with Crippen LogP contribution in [0, 0.1) is 0 Å². The van der Waals surface area contributed by atoms with Gasteiger partial charge in [-0.1, -0.05) is 56.2 Å². The maximum Gasteiger partial charge on any atom is 0.287 e. The van der Waals surface area contributed by atoms with Gasteiger partial charge in [0.1, 0.15) is 0 Å². The summed E-state index contributed by atoms with van der Waals surface area (Å²) in [7, 11) is -3.90. The zero-order chi connectivity index (χ0) is 12.6. The van der Waals surface area contributed by atoms with Gasteiger partial charge in [0.2, 0.25) is 0 Å². The molecule has 16 heavy (non-hydrogen) atoms. The molecule has 0 aromatic heterocycles. The van der Waals surface area contributed by atoms with Crippen LogP contribution in [-0.4, -0.2) is 13.0 Å². The molecule has 0 aliphatic rings. The number of benzene rings is 1. The van der Waals surface area contributed by atoms with Crippen molar-refractivity contribution in [3.8, 4) is 0 Å². The molecule has 3 nitrogen and oxygen atoms in total. The highest BCUT2D eigenvalue weighted by Crippen LogP contribution is 2.10. The number of hydrogen-bond donors (Lipinski definition) is 1. The van der Waals surface area contributed by atoms with Gasteiger partial charge in [-0.05, 0) is 11.1 Å². The molecule has 0 unspecified atom stereocenters. The van der Waals surface area contributed by atoms with Crippen molar-refractivity contribution in [2.24, 2.45) is 0 Å². The Kier molecular flexibility index (Phi) is 6.07. The van der Waals surface area contributed by atoms with Crippen LogP contribution in [0.4, 0.5) is 0 Å². The van der Waals surface area contributed by atoms with Crippen molar-refractivity contribution >= 4 is 22.3 Å². The lowest BCUT2D eigenvalue weighted by atomic mass is 10.1. The van der Waals surface area contributed by atoms with Gasteiger partial charge < -0.3 is 0 Å². The standard InChI is InChI=1S/C10H10.C2H4O3S/c1-3-9-7-5-6-8-10(9)4-2;1-2-6(3,4)5/h3-8H,1-2H2;2H,1H2,(H,3,4,5). The van der Waals surface area contributed by atoms with Gasteiger partial charge in [-0.3, -0.25) is 4.55 Å². The fourth-order valence-corrected chi connectivity index (χ4v) is 0.883. The van der Waals surface area contributed by atoms with Gasteiger partial charge in [-0.2, -0.15) is 8.42 Å². The Hall–Kier alpha value is -1.65. The second kappa shape index (κ2) is 6.76. The van der Waals surface area contributed by atoms with E-state index in [1.165, 1.54) is 0 Å². The lowest BCUT2D eigenvalue weighted by Crippen LogP contribution is -1.86. The van der Waals surface area contributed by atoms with E-state index in [1.54, 1.807) is 0 Å². The van der Waals surface area contributed by atoms with Gasteiger partial charge in [0, 0.05) is 0 Å². The molecule has 0 aliphatic heterocycles. The first-order valence-corrected chi connectivity index (χ1v) is 5.88. The Morgan fingerprint density at radius 1 is 1.00 bits per heavy atom. The van der Waals surface area contributed by atoms with E-state index in [4.69, 9.17) is 4.55 Å². The van der Waals surface area contributed by atoms with Crippen LogP contribution < -0.4 is 0 Å². The maximum absolute atomic E-state index is 9.44. The molecule has 0 saturated heterocycles. The predicted octanol–water partition coefficient (Wildman–Crippen LogP) is 2.99. The van der Waals surface area contributed by atoms with Crippen molar-refractivity contribution in [1.82, 2.24) is 0 Å². The first kappa shape index (κ1) is 14.4. The summed E-state index contributed by atoms with van der Waals surface area (Å²) in [5, 5.41) is 0.465. The second-order valence-corrected chi connectivity index (χ2v) is 4.08. The monoisotopic (exact) mass is 238 g/mol. The molecular weight excluding hydrogens is 224 g/mol. The molecule has 0 atom stereocenters. The maximum atomic E-state index is 9.44. The molecule has 0 spiro atoms. The molecule has 1 aromatic rings. The van der Waals surface area contributed by atoms with Crippen LogP contribution in [0.15, 0.2) is 49.4 Å². The quantitative estimate of drug-likeness (QED) is 0.823. The largest absolute Gasteiger partial charge is 0.287 e. The van der Waals surface area contributed by atoms with Gasteiger partial charge in [0.25, 0.3) is 10.1 Å². The average Bonchev–Trinajstić information content (AvgIpc) is 2.28. The first-order chi connectivity index (χ1) is 7.44. The smallest absolute Gasteiger partial charge is 0.282 e. The third-order valence-corrected chi connectivity index (χ3v) is 2.07. The summed E-state index contributed by atoms with van der Waals surface area (Å²) in [6, 6.07) is 8.02.